The van der Waals surface area contributed by atoms with E-state index in [2.05, 4.69) is 0 Å². The second kappa shape index (κ2) is 7.20. The van der Waals surface area contributed by atoms with Crippen LogP contribution in [0.4, 0.5) is 26.3 Å². The van der Waals surface area contributed by atoms with Crippen LogP contribution < -0.4 is 0 Å². The predicted molar refractivity (Wildman–Crippen MR) is 83.0 cm³/mol. The van der Waals surface area contributed by atoms with Crippen LogP contribution >= 0.6 is 0 Å². The molecule has 2 aliphatic carbocycles. The van der Waals surface area contributed by atoms with E-state index in [1.807, 2.05) is 6.92 Å². The lowest BCUT2D eigenvalue weighted by molar-refractivity contribution is 0.140. The third kappa shape index (κ3) is 3.41. The normalized spacial score (nSPS) is 38.4. The van der Waals surface area contributed by atoms with Gasteiger partial charge in [0.25, 0.3) is 0 Å². The van der Waals surface area contributed by atoms with Gasteiger partial charge in [-0.05, 0) is 61.1 Å². The molecular weight excluding hydrogens is 342 g/mol. The summed E-state index contributed by atoms with van der Waals surface area (Å²) in [6, 6.07) is 1.30. The number of alkyl halides is 3. The Morgan fingerprint density at radius 1 is 0.920 bits per heavy atom. The van der Waals surface area contributed by atoms with E-state index < -0.39 is 47.8 Å². The van der Waals surface area contributed by atoms with E-state index >= 15 is 0 Å². The molecule has 0 saturated heterocycles. The molecule has 7 atom stereocenters. The summed E-state index contributed by atoms with van der Waals surface area (Å²) in [4.78, 5) is 0. The van der Waals surface area contributed by atoms with E-state index in [4.69, 9.17) is 0 Å². The Hall–Kier alpha value is -1.20. The average molecular weight is 364 g/mol. The fourth-order valence-electron chi connectivity index (χ4n) is 4.80. The van der Waals surface area contributed by atoms with Gasteiger partial charge in [-0.25, -0.2) is 26.3 Å². The van der Waals surface area contributed by atoms with E-state index in [1.54, 1.807) is 0 Å². The molecule has 140 valence electrons. The summed E-state index contributed by atoms with van der Waals surface area (Å²) in [5.74, 6) is -6.99. The molecule has 3 rings (SSSR count). The highest BCUT2D eigenvalue weighted by atomic mass is 19.2. The monoisotopic (exact) mass is 364 g/mol. The Balaban J connectivity index is 1.86. The van der Waals surface area contributed by atoms with Crippen molar-refractivity contribution < 1.29 is 26.3 Å². The molecule has 6 heteroatoms. The van der Waals surface area contributed by atoms with Crippen molar-refractivity contribution in [3.63, 3.8) is 0 Å². The third-order valence-corrected chi connectivity index (χ3v) is 5.93. The fourth-order valence-corrected chi connectivity index (χ4v) is 4.80. The van der Waals surface area contributed by atoms with Crippen LogP contribution in [-0.2, 0) is 0 Å². The van der Waals surface area contributed by atoms with Crippen LogP contribution in [0.25, 0.3) is 0 Å². The first-order chi connectivity index (χ1) is 11.8. The fraction of sp³-hybridized carbons (Fsp3) is 0.684. The van der Waals surface area contributed by atoms with E-state index in [9.17, 15) is 26.3 Å². The second-order valence-electron chi connectivity index (χ2n) is 7.48. The molecule has 0 heterocycles. The van der Waals surface area contributed by atoms with Gasteiger partial charge < -0.3 is 0 Å². The van der Waals surface area contributed by atoms with Gasteiger partial charge >= 0.3 is 0 Å². The van der Waals surface area contributed by atoms with Crippen LogP contribution in [0, 0.1) is 35.2 Å². The zero-order valence-electron chi connectivity index (χ0n) is 14.0. The molecule has 1 aromatic carbocycles. The molecule has 2 aliphatic rings. The summed E-state index contributed by atoms with van der Waals surface area (Å²) in [6.07, 6.45) is -2.77. The minimum Gasteiger partial charge on any atom is -0.247 e. The molecule has 0 amide bonds. The molecule has 25 heavy (non-hydrogen) atoms. The maximum Gasteiger partial charge on any atom is 0.194 e. The Bertz CT molecular complexity index is 595. The van der Waals surface area contributed by atoms with Crippen molar-refractivity contribution >= 4 is 0 Å². The Morgan fingerprint density at radius 3 is 2.12 bits per heavy atom. The van der Waals surface area contributed by atoms with Crippen LogP contribution in [0.1, 0.15) is 50.5 Å². The molecule has 7 unspecified atom stereocenters. The van der Waals surface area contributed by atoms with Gasteiger partial charge in [0, 0.05) is 5.92 Å². The van der Waals surface area contributed by atoms with Gasteiger partial charge in [0.1, 0.15) is 18.5 Å². The van der Waals surface area contributed by atoms with Crippen LogP contribution in [-0.4, -0.2) is 18.5 Å². The van der Waals surface area contributed by atoms with Gasteiger partial charge in [0.15, 0.2) is 17.5 Å². The van der Waals surface area contributed by atoms with Crippen molar-refractivity contribution in [2.45, 2.75) is 63.5 Å². The summed E-state index contributed by atoms with van der Waals surface area (Å²) < 4.78 is 84.3. The maximum absolute atomic E-state index is 14.8. The number of hydrogen-bond acceptors (Lipinski definition) is 0. The van der Waals surface area contributed by atoms with E-state index in [1.165, 1.54) is 0 Å². The maximum atomic E-state index is 14.8. The first-order valence-corrected chi connectivity index (χ1v) is 8.90. The first-order valence-electron chi connectivity index (χ1n) is 8.90. The summed E-state index contributed by atoms with van der Waals surface area (Å²) in [6.45, 7) is 1.95. The summed E-state index contributed by atoms with van der Waals surface area (Å²) in [5.41, 5.74) is -0.239. The minimum absolute atomic E-state index is 0.0308. The highest BCUT2D eigenvalue weighted by Gasteiger charge is 2.50. The molecule has 0 bridgehead atoms. The highest BCUT2D eigenvalue weighted by molar-refractivity contribution is 5.26. The molecule has 0 N–H and O–H groups in total. The Kier molecular flexibility index (Phi) is 5.35. The molecule has 0 radical (unpaired) electrons. The van der Waals surface area contributed by atoms with Crippen molar-refractivity contribution in [3.05, 3.63) is 35.1 Å². The summed E-state index contributed by atoms with van der Waals surface area (Å²) >= 11 is 0. The second-order valence-corrected chi connectivity index (χ2v) is 7.48. The molecular formula is C19H22F6. The van der Waals surface area contributed by atoms with Crippen molar-refractivity contribution in [3.8, 4) is 0 Å². The van der Waals surface area contributed by atoms with Gasteiger partial charge in [-0.3, -0.25) is 0 Å². The zero-order valence-corrected chi connectivity index (χ0v) is 14.0. The molecule has 0 nitrogen and oxygen atoms in total. The first kappa shape index (κ1) is 18.6. The summed E-state index contributed by atoms with van der Waals surface area (Å²) in [5, 5.41) is 0. The van der Waals surface area contributed by atoms with Crippen LogP contribution in [0.15, 0.2) is 12.1 Å². The van der Waals surface area contributed by atoms with E-state index in [0.717, 1.165) is 6.42 Å². The number of fused-ring (bicyclic) bond motifs is 1. The standard InChI is InChI=1S/C19H22F6/c1-2-3-9-4-10-5-13(20)17(14(21)8-12(10)18(9)24)11-6-15(22)19(25)16(23)7-11/h6-7,9-10,12-14,17-18H,2-5,8H2,1H3. The number of benzene rings is 1. The van der Waals surface area contributed by atoms with Crippen LogP contribution in [0.5, 0.6) is 0 Å². The van der Waals surface area contributed by atoms with Gasteiger partial charge in [0.05, 0.1) is 0 Å². The molecule has 2 saturated carbocycles. The number of hydrogen-bond donors (Lipinski definition) is 0. The topological polar surface area (TPSA) is 0 Å². The van der Waals surface area contributed by atoms with Crippen LogP contribution in [0.3, 0.4) is 0 Å². The third-order valence-electron chi connectivity index (χ3n) is 5.93. The van der Waals surface area contributed by atoms with Crippen molar-refractivity contribution in [2.75, 3.05) is 0 Å². The Morgan fingerprint density at radius 2 is 1.52 bits per heavy atom. The van der Waals surface area contributed by atoms with E-state index in [0.29, 0.717) is 25.0 Å². The lowest BCUT2D eigenvalue weighted by Gasteiger charge is -2.24. The molecule has 0 spiro atoms. The number of halogens is 6. The largest absolute Gasteiger partial charge is 0.247 e. The van der Waals surface area contributed by atoms with E-state index in [-0.39, 0.29) is 30.2 Å². The lowest BCUT2D eigenvalue weighted by Crippen LogP contribution is -2.25. The van der Waals surface area contributed by atoms with Crippen molar-refractivity contribution in [1.82, 2.24) is 0 Å². The van der Waals surface area contributed by atoms with Crippen LogP contribution in [0.2, 0.25) is 0 Å². The number of rotatable bonds is 3. The van der Waals surface area contributed by atoms with Crippen molar-refractivity contribution in [1.29, 1.82) is 0 Å². The van der Waals surface area contributed by atoms with Crippen molar-refractivity contribution in [2.24, 2.45) is 17.8 Å². The quantitative estimate of drug-likeness (QED) is 0.453. The Labute approximate surface area is 143 Å². The molecule has 2 fully saturated rings. The van der Waals surface area contributed by atoms with Gasteiger partial charge in [-0.1, -0.05) is 13.3 Å². The molecule has 0 aliphatic heterocycles. The lowest BCUT2D eigenvalue weighted by atomic mass is 9.86. The zero-order chi connectivity index (χ0) is 18.3. The smallest absolute Gasteiger partial charge is 0.194 e. The summed E-state index contributed by atoms with van der Waals surface area (Å²) in [7, 11) is 0. The predicted octanol–water partition coefficient (Wildman–Crippen LogP) is 6.05. The molecule has 0 aromatic heterocycles. The van der Waals surface area contributed by atoms with Gasteiger partial charge in [-0.15, -0.1) is 0 Å². The average Bonchev–Trinajstić information content (AvgIpc) is 2.74. The van der Waals surface area contributed by atoms with Gasteiger partial charge in [-0.2, -0.15) is 0 Å². The molecule has 1 aromatic rings. The van der Waals surface area contributed by atoms with Gasteiger partial charge in [0.2, 0.25) is 0 Å². The highest BCUT2D eigenvalue weighted by Crippen LogP contribution is 2.51. The minimum atomic E-state index is -1.76. The SMILES string of the molecule is CCCC1CC2CC(F)C(c3cc(F)c(F)c(F)c3)C(F)CC2C1F.